The molecule has 0 spiro atoms. The molecule has 2 N–H and O–H groups in total. The summed E-state index contributed by atoms with van der Waals surface area (Å²) in [6.45, 7) is 4.46. The molecule has 1 aromatic carbocycles. The fraction of sp³-hybridized carbons (Fsp3) is 0.455. The first kappa shape index (κ1) is 9.87. The summed E-state index contributed by atoms with van der Waals surface area (Å²) in [4.78, 5) is 1.30. The fourth-order valence-corrected chi connectivity index (χ4v) is 2.68. The molecular formula is C11H15NOS. The monoisotopic (exact) mass is 209 g/mol. The molecule has 0 saturated heterocycles. The lowest BCUT2D eigenvalue weighted by atomic mass is 10.1. The van der Waals surface area contributed by atoms with E-state index < -0.39 is 0 Å². The van der Waals surface area contributed by atoms with Crippen molar-refractivity contribution < 1.29 is 5.11 Å². The minimum absolute atomic E-state index is 0.203. The Labute approximate surface area is 88.7 Å². The second kappa shape index (κ2) is 3.83. The van der Waals surface area contributed by atoms with Crippen molar-refractivity contribution in [1.29, 1.82) is 0 Å². The zero-order valence-electron chi connectivity index (χ0n) is 8.50. The molecule has 0 saturated carbocycles. The van der Waals surface area contributed by atoms with E-state index in [1.165, 1.54) is 21.7 Å². The summed E-state index contributed by atoms with van der Waals surface area (Å²) in [5, 5.41) is 12.4. The molecule has 0 aliphatic carbocycles. The minimum atomic E-state index is 0.203. The number of thioether (sulfide) groups is 1. The van der Waals surface area contributed by atoms with Gasteiger partial charge >= 0.3 is 0 Å². The van der Waals surface area contributed by atoms with Gasteiger partial charge in [-0.25, -0.2) is 0 Å². The maximum absolute atomic E-state index is 9.06. The van der Waals surface area contributed by atoms with E-state index in [-0.39, 0.29) is 12.6 Å². The van der Waals surface area contributed by atoms with Gasteiger partial charge in [-0.3, -0.25) is 0 Å². The van der Waals surface area contributed by atoms with Gasteiger partial charge in [0.25, 0.3) is 0 Å². The van der Waals surface area contributed by atoms with E-state index in [1.54, 1.807) is 0 Å². The Hall–Kier alpha value is -0.670. The molecule has 0 aromatic heterocycles. The number of anilines is 1. The van der Waals surface area contributed by atoms with Crippen LogP contribution in [0.5, 0.6) is 0 Å². The van der Waals surface area contributed by atoms with Crippen LogP contribution >= 0.6 is 11.8 Å². The molecule has 1 unspecified atom stereocenters. The van der Waals surface area contributed by atoms with E-state index in [9.17, 15) is 0 Å². The van der Waals surface area contributed by atoms with Crippen molar-refractivity contribution in [2.24, 2.45) is 0 Å². The smallest absolute Gasteiger partial charge is 0.0641 e. The Morgan fingerprint density at radius 3 is 2.86 bits per heavy atom. The number of aliphatic hydroxyl groups is 1. The summed E-state index contributed by atoms with van der Waals surface area (Å²) in [7, 11) is 0. The van der Waals surface area contributed by atoms with Crippen molar-refractivity contribution in [3.8, 4) is 0 Å². The molecule has 14 heavy (non-hydrogen) atoms. The quantitative estimate of drug-likeness (QED) is 0.743. The SMILES string of the molecule is Cc1cc2c(cc1C)SCC(CO)N2. The summed E-state index contributed by atoms with van der Waals surface area (Å²) in [6.07, 6.45) is 0. The second-order valence-electron chi connectivity index (χ2n) is 3.77. The van der Waals surface area contributed by atoms with Crippen LogP contribution in [0.1, 0.15) is 11.1 Å². The molecule has 0 amide bonds. The predicted octanol–water partition coefficient (Wildman–Crippen LogP) is 2.18. The molecule has 2 nitrogen and oxygen atoms in total. The summed E-state index contributed by atoms with van der Waals surface area (Å²) < 4.78 is 0. The van der Waals surface area contributed by atoms with Crippen LogP contribution in [0, 0.1) is 13.8 Å². The second-order valence-corrected chi connectivity index (χ2v) is 4.83. The lowest BCUT2D eigenvalue weighted by molar-refractivity contribution is 0.282. The average Bonchev–Trinajstić information content (AvgIpc) is 2.19. The van der Waals surface area contributed by atoms with Crippen molar-refractivity contribution in [1.82, 2.24) is 0 Å². The number of fused-ring (bicyclic) bond motifs is 1. The van der Waals surface area contributed by atoms with Gasteiger partial charge in [-0.15, -0.1) is 11.8 Å². The predicted molar refractivity (Wildman–Crippen MR) is 61.1 cm³/mol. The topological polar surface area (TPSA) is 32.3 Å². The van der Waals surface area contributed by atoms with Crippen molar-refractivity contribution in [3.05, 3.63) is 23.3 Å². The van der Waals surface area contributed by atoms with Gasteiger partial charge in [-0.05, 0) is 37.1 Å². The average molecular weight is 209 g/mol. The molecule has 76 valence electrons. The molecule has 3 heteroatoms. The molecular weight excluding hydrogens is 194 g/mol. The van der Waals surface area contributed by atoms with Crippen LogP contribution in [0.25, 0.3) is 0 Å². The van der Waals surface area contributed by atoms with Crippen LogP contribution < -0.4 is 5.32 Å². The highest BCUT2D eigenvalue weighted by Gasteiger charge is 2.17. The van der Waals surface area contributed by atoms with Crippen molar-refractivity contribution >= 4 is 17.4 Å². The highest BCUT2D eigenvalue weighted by molar-refractivity contribution is 7.99. The summed E-state index contributed by atoms with van der Waals surface area (Å²) >= 11 is 1.82. The van der Waals surface area contributed by atoms with Gasteiger partial charge in [0.1, 0.15) is 0 Å². The minimum Gasteiger partial charge on any atom is -0.394 e. The summed E-state index contributed by atoms with van der Waals surface area (Å²) in [6, 6.07) is 4.59. The Kier molecular flexibility index (Phi) is 2.70. The van der Waals surface area contributed by atoms with E-state index in [2.05, 4.69) is 31.3 Å². The van der Waals surface area contributed by atoms with Crippen LogP contribution in [0.3, 0.4) is 0 Å². The Balaban J connectivity index is 2.33. The lowest BCUT2D eigenvalue weighted by Crippen LogP contribution is -2.29. The highest BCUT2D eigenvalue weighted by atomic mass is 32.2. The third-order valence-corrected chi connectivity index (χ3v) is 3.83. The Morgan fingerprint density at radius 2 is 2.14 bits per heavy atom. The van der Waals surface area contributed by atoms with Gasteiger partial charge in [0.2, 0.25) is 0 Å². The third kappa shape index (κ3) is 1.74. The summed E-state index contributed by atoms with van der Waals surface area (Å²) in [5.41, 5.74) is 3.80. The number of rotatable bonds is 1. The Bertz CT molecular complexity index is 351. The van der Waals surface area contributed by atoms with Crippen molar-refractivity contribution in [2.75, 3.05) is 17.7 Å². The Morgan fingerprint density at radius 1 is 1.43 bits per heavy atom. The highest BCUT2D eigenvalue weighted by Crippen LogP contribution is 2.34. The molecule has 0 fully saturated rings. The van der Waals surface area contributed by atoms with Crippen LogP contribution in [-0.4, -0.2) is 23.5 Å². The third-order valence-electron chi connectivity index (χ3n) is 2.62. The number of nitrogens with one attached hydrogen (secondary N) is 1. The first-order chi connectivity index (χ1) is 6.70. The van der Waals surface area contributed by atoms with Crippen LogP contribution in [0.2, 0.25) is 0 Å². The maximum atomic E-state index is 9.06. The van der Waals surface area contributed by atoms with Crippen molar-refractivity contribution in [3.63, 3.8) is 0 Å². The molecule has 0 bridgehead atoms. The van der Waals surface area contributed by atoms with E-state index in [0.29, 0.717) is 0 Å². The zero-order valence-corrected chi connectivity index (χ0v) is 9.32. The van der Waals surface area contributed by atoms with E-state index in [1.807, 2.05) is 11.8 Å². The van der Waals surface area contributed by atoms with Crippen LogP contribution in [0.15, 0.2) is 17.0 Å². The largest absolute Gasteiger partial charge is 0.394 e. The van der Waals surface area contributed by atoms with Crippen LogP contribution in [-0.2, 0) is 0 Å². The molecule has 1 aliphatic rings. The van der Waals surface area contributed by atoms with E-state index in [0.717, 1.165) is 5.75 Å². The molecule has 1 atom stereocenters. The number of aryl methyl sites for hydroxylation is 2. The standard InChI is InChI=1S/C11H15NOS/c1-7-3-10-11(4-8(7)2)14-6-9(5-13)12-10/h3-4,9,12-13H,5-6H2,1-2H3. The maximum Gasteiger partial charge on any atom is 0.0641 e. The van der Waals surface area contributed by atoms with Gasteiger partial charge < -0.3 is 10.4 Å². The lowest BCUT2D eigenvalue weighted by Gasteiger charge is -2.25. The van der Waals surface area contributed by atoms with E-state index >= 15 is 0 Å². The molecule has 1 heterocycles. The first-order valence-corrected chi connectivity index (χ1v) is 5.80. The van der Waals surface area contributed by atoms with Gasteiger partial charge in [-0.2, -0.15) is 0 Å². The van der Waals surface area contributed by atoms with Gasteiger partial charge in [0.15, 0.2) is 0 Å². The van der Waals surface area contributed by atoms with E-state index in [4.69, 9.17) is 5.11 Å². The summed E-state index contributed by atoms with van der Waals surface area (Å²) in [5.74, 6) is 0.950. The number of hydrogen-bond acceptors (Lipinski definition) is 3. The molecule has 1 aliphatic heterocycles. The molecule has 1 aromatic rings. The molecule has 0 radical (unpaired) electrons. The number of hydrogen-bond donors (Lipinski definition) is 2. The van der Waals surface area contributed by atoms with Gasteiger partial charge in [0, 0.05) is 16.3 Å². The van der Waals surface area contributed by atoms with Crippen molar-refractivity contribution in [2.45, 2.75) is 24.8 Å². The van der Waals surface area contributed by atoms with Gasteiger partial charge in [0.05, 0.1) is 12.6 Å². The van der Waals surface area contributed by atoms with Crippen LogP contribution in [0.4, 0.5) is 5.69 Å². The first-order valence-electron chi connectivity index (χ1n) is 4.82. The van der Waals surface area contributed by atoms with Gasteiger partial charge in [-0.1, -0.05) is 0 Å². The zero-order chi connectivity index (χ0) is 10.1. The molecule has 2 rings (SSSR count). The number of benzene rings is 1. The normalized spacial score (nSPS) is 20.1. The number of aliphatic hydroxyl groups excluding tert-OH is 1. The fourth-order valence-electron chi connectivity index (χ4n) is 1.57.